The predicted molar refractivity (Wildman–Crippen MR) is 86.3 cm³/mol. The van der Waals surface area contributed by atoms with E-state index in [0.717, 1.165) is 36.2 Å². The van der Waals surface area contributed by atoms with Gasteiger partial charge in [-0.05, 0) is 30.9 Å². The highest BCUT2D eigenvalue weighted by Gasteiger charge is 2.16. The summed E-state index contributed by atoms with van der Waals surface area (Å²) >= 11 is 0. The lowest BCUT2D eigenvalue weighted by Crippen LogP contribution is -2.22. The Hall–Kier alpha value is -1.84. The number of para-hydroxylation sites is 1. The van der Waals surface area contributed by atoms with Gasteiger partial charge in [0, 0.05) is 18.5 Å². The van der Waals surface area contributed by atoms with Gasteiger partial charge in [0.15, 0.2) is 0 Å². The van der Waals surface area contributed by atoms with E-state index in [4.69, 9.17) is 0 Å². The maximum absolute atomic E-state index is 4.59. The second-order valence-corrected chi connectivity index (χ2v) is 5.81. The van der Waals surface area contributed by atoms with Gasteiger partial charge in [-0.15, -0.1) is 0 Å². The van der Waals surface area contributed by atoms with E-state index in [1.165, 1.54) is 0 Å². The van der Waals surface area contributed by atoms with Crippen LogP contribution in [0.4, 0.5) is 11.8 Å². The lowest BCUT2D eigenvalue weighted by molar-refractivity contribution is 0.376. The minimum atomic E-state index is 0.254. The first-order valence-corrected chi connectivity index (χ1v) is 7.30. The third-order valence-electron chi connectivity index (χ3n) is 3.63. The molecule has 0 aliphatic carbocycles. The van der Waals surface area contributed by atoms with Crippen LogP contribution in [-0.4, -0.2) is 23.1 Å². The topological polar surface area (TPSA) is 49.8 Å². The number of hydrogen-bond donors (Lipinski definition) is 2. The molecule has 0 fully saturated rings. The van der Waals surface area contributed by atoms with Crippen LogP contribution < -0.4 is 10.6 Å². The Bertz CT molecular complexity index is 578. The molecule has 20 heavy (non-hydrogen) atoms. The lowest BCUT2D eigenvalue weighted by Gasteiger charge is -2.23. The van der Waals surface area contributed by atoms with Crippen molar-refractivity contribution in [1.82, 2.24) is 9.97 Å². The van der Waals surface area contributed by atoms with E-state index >= 15 is 0 Å². The molecule has 0 unspecified atom stereocenters. The number of benzene rings is 1. The van der Waals surface area contributed by atoms with Crippen LogP contribution in [0.1, 0.15) is 34.1 Å². The first kappa shape index (κ1) is 14.6. The average molecular weight is 272 g/mol. The summed E-state index contributed by atoms with van der Waals surface area (Å²) in [6.07, 6.45) is 1.13. The number of nitrogens with one attached hydrogen (secondary N) is 2. The number of aromatic nitrogens is 2. The molecule has 4 heteroatoms. The summed E-state index contributed by atoms with van der Waals surface area (Å²) in [7, 11) is 0. The van der Waals surface area contributed by atoms with Crippen molar-refractivity contribution in [3.8, 4) is 0 Å². The zero-order valence-corrected chi connectivity index (χ0v) is 12.8. The molecule has 0 bridgehead atoms. The third-order valence-corrected chi connectivity index (χ3v) is 3.63. The fraction of sp³-hybridized carbons (Fsp3) is 0.500. The van der Waals surface area contributed by atoms with Gasteiger partial charge < -0.3 is 10.6 Å². The zero-order chi connectivity index (χ0) is 14.6. The van der Waals surface area contributed by atoms with E-state index in [1.54, 1.807) is 0 Å². The second-order valence-electron chi connectivity index (χ2n) is 5.81. The number of fused-ring (bicyclic) bond motifs is 1. The molecule has 0 saturated carbocycles. The molecular formula is C16H24N4. The largest absolute Gasteiger partial charge is 0.369 e. The van der Waals surface area contributed by atoms with Gasteiger partial charge in [0.25, 0.3) is 0 Å². The van der Waals surface area contributed by atoms with Crippen molar-refractivity contribution in [2.75, 3.05) is 23.7 Å². The highest BCUT2D eigenvalue weighted by molar-refractivity contribution is 5.90. The Morgan fingerprint density at radius 2 is 1.80 bits per heavy atom. The molecule has 1 aromatic carbocycles. The van der Waals surface area contributed by atoms with Gasteiger partial charge in [0.05, 0.1) is 5.52 Å². The Labute approximate surface area is 121 Å². The molecule has 2 aromatic rings. The molecule has 4 nitrogen and oxygen atoms in total. The number of hydrogen-bond acceptors (Lipinski definition) is 4. The van der Waals surface area contributed by atoms with Gasteiger partial charge in [-0.1, -0.05) is 32.9 Å². The smallest absolute Gasteiger partial charge is 0.225 e. The highest BCUT2D eigenvalue weighted by Crippen LogP contribution is 2.25. The Morgan fingerprint density at radius 1 is 1.05 bits per heavy atom. The molecule has 1 aromatic heterocycles. The molecular weight excluding hydrogens is 248 g/mol. The van der Waals surface area contributed by atoms with Crippen molar-refractivity contribution in [2.45, 2.75) is 34.1 Å². The predicted octanol–water partition coefficient (Wildman–Crippen LogP) is 3.91. The molecule has 0 atom stereocenters. The van der Waals surface area contributed by atoms with Crippen LogP contribution in [-0.2, 0) is 0 Å². The fourth-order valence-electron chi connectivity index (χ4n) is 1.90. The molecule has 2 N–H and O–H groups in total. The lowest BCUT2D eigenvalue weighted by atomic mass is 9.90. The first-order valence-electron chi connectivity index (χ1n) is 7.30. The summed E-state index contributed by atoms with van der Waals surface area (Å²) in [5.41, 5.74) is 1.22. The molecule has 0 aliphatic rings. The van der Waals surface area contributed by atoms with Crippen molar-refractivity contribution >= 4 is 22.7 Å². The van der Waals surface area contributed by atoms with E-state index in [2.05, 4.69) is 47.4 Å². The monoisotopic (exact) mass is 272 g/mol. The molecule has 0 spiro atoms. The molecule has 0 saturated heterocycles. The van der Waals surface area contributed by atoms with Crippen LogP contribution in [0.5, 0.6) is 0 Å². The SMILES string of the molecule is CCNc1nc(NCC(C)(C)CC)c2ccccc2n1. The number of rotatable bonds is 6. The minimum Gasteiger partial charge on any atom is -0.369 e. The Morgan fingerprint density at radius 3 is 2.50 bits per heavy atom. The maximum atomic E-state index is 4.59. The van der Waals surface area contributed by atoms with E-state index in [9.17, 15) is 0 Å². The summed E-state index contributed by atoms with van der Waals surface area (Å²) < 4.78 is 0. The highest BCUT2D eigenvalue weighted by atomic mass is 15.1. The van der Waals surface area contributed by atoms with Gasteiger partial charge >= 0.3 is 0 Å². The van der Waals surface area contributed by atoms with Crippen LogP contribution in [0.25, 0.3) is 10.9 Å². The zero-order valence-electron chi connectivity index (χ0n) is 12.8. The molecule has 1 heterocycles. The summed E-state index contributed by atoms with van der Waals surface area (Å²) in [4.78, 5) is 9.12. The van der Waals surface area contributed by atoms with Crippen molar-refractivity contribution in [3.63, 3.8) is 0 Å². The summed E-state index contributed by atoms with van der Waals surface area (Å²) in [5.74, 6) is 1.59. The summed E-state index contributed by atoms with van der Waals surface area (Å²) in [5, 5.41) is 7.75. The average Bonchev–Trinajstić information content (AvgIpc) is 2.45. The van der Waals surface area contributed by atoms with Gasteiger partial charge in [0.1, 0.15) is 5.82 Å². The van der Waals surface area contributed by atoms with Crippen molar-refractivity contribution in [2.24, 2.45) is 5.41 Å². The second kappa shape index (κ2) is 6.07. The fourth-order valence-corrected chi connectivity index (χ4v) is 1.90. The van der Waals surface area contributed by atoms with Crippen LogP contribution in [0, 0.1) is 5.41 Å². The molecule has 0 aliphatic heterocycles. The van der Waals surface area contributed by atoms with Crippen LogP contribution in [0.15, 0.2) is 24.3 Å². The van der Waals surface area contributed by atoms with Crippen LogP contribution in [0.3, 0.4) is 0 Å². The first-order chi connectivity index (χ1) is 9.55. The molecule has 0 radical (unpaired) electrons. The van der Waals surface area contributed by atoms with E-state index in [-0.39, 0.29) is 5.41 Å². The van der Waals surface area contributed by atoms with Gasteiger partial charge in [-0.3, -0.25) is 0 Å². The molecule has 2 rings (SSSR count). The van der Waals surface area contributed by atoms with E-state index < -0.39 is 0 Å². The van der Waals surface area contributed by atoms with Crippen LogP contribution in [0.2, 0.25) is 0 Å². The van der Waals surface area contributed by atoms with Gasteiger partial charge in [-0.2, -0.15) is 4.98 Å². The van der Waals surface area contributed by atoms with Gasteiger partial charge in [-0.25, -0.2) is 4.98 Å². The standard InChI is InChI=1S/C16H24N4/c1-5-16(3,4)11-18-14-12-9-7-8-10-13(12)19-15(20-14)17-6-2/h7-10H,5-6,11H2,1-4H3,(H2,17,18,19,20). The summed E-state index contributed by atoms with van der Waals surface area (Å²) in [6.45, 7) is 10.5. The number of nitrogens with zero attached hydrogens (tertiary/aromatic N) is 2. The molecule has 0 amide bonds. The van der Waals surface area contributed by atoms with Gasteiger partial charge in [0.2, 0.25) is 5.95 Å². The van der Waals surface area contributed by atoms with Crippen molar-refractivity contribution in [3.05, 3.63) is 24.3 Å². The Kier molecular flexibility index (Phi) is 4.42. The normalized spacial score (nSPS) is 11.6. The van der Waals surface area contributed by atoms with Crippen molar-refractivity contribution < 1.29 is 0 Å². The summed E-state index contributed by atoms with van der Waals surface area (Å²) in [6, 6.07) is 8.11. The quantitative estimate of drug-likeness (QED) is 0.837. The van der Waals surface area contributed by atoms with E-state index in [1.807, 2.05) is 25.1 Å². The number of anilines is 2. The third kappa shape index (κ3) is 3.38. The minimum absolute atomic E-state index is 0.254. The Balaban J connectivity index is 2.34. The van der Waals surface area contributed by atoms with E-state index in [0.29, 0.717) is 5.95 Å². The van der Waals surface area contributed by atoms with Crippen molar-refractivity contribution in [1.29, 1.82) is 0 Å². The maximum Gasteiger partial charge on any atom is 0.225 e. The molecule has 108 valence electrons. The van der Waals surface area contributed by atoms with Crippen LogP contribution >= 0.6 is 0 Å².